The highest BCUT2D eigenvalue weighted by Gasteiger charge is 2.45. The largest absolute Gasteiger partial charge is 0.490 e. The zero-order valence-electron chi connectivity index (χ0n) is 9.58. The van der Waals surface area contributed by atoms with Crippen LogP contribution in [0.3, 0.4) is 0 Å². The van der Waals surface area contributed by atoms with Crippen molar-refractivity contribution in [1.82, 2.24) is 4.90 Å². The van der Waals surface area contributed by atoms with E-state index >= 15 is 0 Å². The Kier molecular flexibility index (Phi) is 2.83. The second kappa shape index (κ2) is 3.97. The lowest BCUT2D eigenvalue weighted by molar-refractivity contribution is -0.128. The van der Waals surface area contributed by atoms with Crippen molar-refractivity contribution >= 4 is 5.78 Å². The Bertz CT molecular complexity index is 288. The van der Waals surface area contributed by atoms with Gasteiger partial charge in [0.25, 0.3) is 0 Å². The quantitative estimate of drug-likeness (QED) is 0.709. The minimum atomic E-state index is -0.282. The molecule has 0 aromatic carbocycles. The van der Waals surface area contributed by atoms with Crippen molar-refractivity contribution in [1.29, 1.82) is 0 Å². The van der Waals surface area contributed by atoms with Gasteiger partial charge in [-0.1, -0.05) is 12.8 Å². The van der Waals surface area contributed by atoms with Crippen LogP contribution in [0.2, 0.25) is 0 Å². The summed E-state index contributed by atoms with van der Waals surface area (Å²) in [6, 6.07) is 0. The molecule has 84 valence electrons. The highest BCUT2D eigenvalue weighted by atomic mass is 16.5. The number of carbonyl (C=O) groups is 1. The third-order valence-corrected chi connectivity index (χ3v) is 3.64. The van der Waals surface area contributed by atoms with Crippen LogP contribution in [-0.4, -0.2) is 36.9 Å². The van der Waals surface area contributed by atoms with Crippen molar-refractivity contribution in [2.75, 3.05) is 20.7 Å². The van der Waals surface area contributed by atoms with E-state index in [4.69, 9.17) is 4.74 Å². The highest BCUT2D eigenvalue weighted by Crippen LogP contribution is 2.37. The summed E-state index contributed by atoms with van der Waals surface area (Å²) in [5.74, 6) is 0.799. The summed E-state index contributed by atoms with van der Waals surface area (Å²) in [5.41, 5.74) is -0.282. The Morgan fingerprint density at radius 1 is 1.40 bits per heavy atom. The van der Waals surface area contributed by atoms with Crippen LogP contribution >= 0.6 is 0 Å². The minimum Gasteiger partial charge on any atom is -0.490 e. The molecule has 3 nitrogen and oxygen atoms in total. The smallest absolute Gasteiger partial charge is 0.217 e. The van der Waals surface area contributed by atoms with Crippen LogP contribution in [-0.2, 0) is 9.53 Å². The van der Waals surface area contributed by atoms with Gasteiger partial charge in [0.15, 0.2) is 5.76 Å². The molecule has 2 rings (SSSR count). The normalized spacial score (nSPS) is 24.1. The van der Waals surface area contributed by atoms with Gasteiger partial charge in [-0.05, 0) is 33.0 Å². The second-order valence-electron chi connectivity index (χ2n) is 4.67. The molecule has 3 heteroatoms. The number of carbonyl (C=O) groups excluding carboxylic acids is 1. The van der Waals surface area contributed by atoms with Crippen molar-refractivity contribution in [2.24, 2.45) is 0 Å². The molecule has 0 aromatic rings. The summed E-state index contributed by atoms with van der Waals surface area (Å²) in [7, 11) is 4.00. The van der Waals surface area contributed by atoms with Gasteiger partial charge in [-0.2, -0.15) is 0 Å². The molecule has 0 radical (unpaired) electrons. The molecule has 1 aliphatic heterocycles. The van der Waals surface area contributed by atoms with Gasteiger partial charge in [0.05, 0.1) is 12.1 Å². The lowest BCUT2D eigenvalue weighted by Gasteiger charge is -2.34. The summed E-state index contributed by atoms with van der Waals surface area (Å²) < 4.78 is 5.39. The molecule has 1 heterocycles. The van der Waals surface area contributed by atoms with E-state index in [9.17, 15) is 4.79 Å². The Labute approximate surface area is 91.1 Å². The fraction of sp³-hybridized carbons (Fsp3) is 0.750. The standard InChI is InChI=1S/C12H19NO2/c1-13(2)12(7-3-4-8-12)11(14)10-6-5-9-15-10/h6H,3-5,7-9H2,1-2H3. The Morgan fingerprint density at radius 2 is 2.07 bits per heavy atom. The summed E-state index contributed by atoms with van der Waals surface area (Å²) in [4.78, 5) is 14.5. The van der Waals surface area contributed by atoms with Crippen molar-refractivity contribution in [3.63, 3.8) is 0 Å². The molecule has 1 fully saturated rings. The predicted molar refractivity (Wildman–Crippen MR) is 58.5 cm³/mol. The SMILES string of the molecule is CN(C)C1(C(=O)C2=CCCO2)CCCC1. The van der Waals surface area contributed by atoms with Gasteiger partial charge in [-0.15, -0.1) is 0 Å². The molecule has 0 aromatic heterocycles. The topological polar surface area (TPSA) is 29.5 Å². The maximum atomic E-state index is 12.4. The first kappa shape index (κ1) is 10.7. The Balaban J connectivity index is 2.21. The molecule has 15 heavy (non-hydrogen) atoms. The molecule has 2 aliphatic rings. The molecule has 0 saturated heterocycles. The first-order valence-electron chi connectivity index (χ1n) is 5.72. The van der Waals surface area contributed by atoms with E-state index in [0.29, 0.717) is 12.4 Å². The molecular weight excluding hydrogens is 190 g/mol. The molecule has 0 spiro atoms. The van der Waals surface area contributed by atoms with Crippen molar-refractivity contribution in [2.45, 2.75) is 37.6 Å². The molecule has 0 bridgehead atoms. The summed E-state index contributed by atoms with van der Waals surface area (Å²) >= 11 is 0. The molecule has 0 amide bonds. The van der Waals surface area contributed by atoms with Crippen LogP contribution in [0, 0.1) is 0 Å². The zero-order chi connectivity index (χ0) is 10.9. The number of likely N-dealkylation sites (N-methyl/N-ethyl adjacent to an activating group) is 1. The van der Waals surface area contributed by atoms with E-state index in [0.717, 1.165) is 32.1 Å². The van der Waals surface area contributed by atoms with Crippen LogP contribution < -0.4 is 0 Å². The lowest BCUT2D eigenvalue weighted by atomic mass is 9.89. The van der Waals surface area contributed by atoms with Crippen molar-refractivity contribution in [3.05, 3.63) is 11.8 Å². The van der Waals surface area contributed by atoms with Gasteiger partial charge in [-0.25, -0.2) is 0 Å². The minimum absolute atomic E-state index is 0.197. The van der Waals surface area contributed by atoms with Gasteiger partial charge >= 0.3 is 0 Å². The van der Waals surface area contributed by atoms with E-state index in [1.807, 2.05) is 20.2 Å². The molecule has 1 saturated carbocycles. The molecular formula is C12H19NO2. The Morgan fingerprint density at radius 3 is 2.53 bits per heavy atom. The van der Waals surface area contributed by atoms with Gasteiger partial charge < -0.3 is 4.74 Å². The summed E-state index contributed by atoms with van der Waals surface area (Å²) in [6.45, 7) is 0.671. The molecule has 0 unspecified atom stereocenters. The van der Waals surface area contributed by atoms with E-state index in [-0.39, 0.29) is 11.3 Å². The molecule has 0 N–H and O–H groups in total. The summed E-state index contributed by atoms with van der Waals surface area (Å²) in [6.07, 6.45) is 7.06. The number of hydrogen-bond acceptors (Lipinski definition) is 3. The van der Waals surface area contributed by atoms with E-state index in [1.54, 1.807) is 0 Å². The molecule has 1 aliphatic carbocycles. The average molecular weight is 209 g/mol. The van der Waals surface area contributed by atoms with Crippen LogP contribution in [0.15, 0.2) is 11.8 Å². The van der Waals surface area contributed by atoms with Gasteiger partial charge in [0.2, 0.25) is 5.78 Å². The van der Waals surface area contributed by atoms with Gasteiger partial charge in [0.1, 0.15) is 0 Å². The fourth-order valence-electron chi connectivity index (χ4n) is 2.64. The molecule has 0 atom stereocenters. The summed E-state index contributed by atoms with van der Waals surface area (Å²) in [5, 5.41) is 0. The number of Topliss-reactive ketones (excluding diaryl/α,β-unsaturated/α-hetero) is 1. The predicted octanol–water partition coefficient (Wildman–Crippen LogP) is 1.73. The first-order chi connectivity index (χ1) is 7.17. The third-order valence-electron chi connectivity index (χ3n) is 3.64. The first-order valence-corrected chi connectivity index (χ1v) is 5.72. The monoisotopic (exact) mass is 209 g/mol. The lowest BCUT2D eigenvalue weighted by Crippen LogP contribution is -2.49. The zero-order valence-corrected chi connectivity index (χ0v) is 9.58. The highest BCUT2D eigenvalue weighted by molar-refractivity contribution is 6.01. The number of hydrogen-bond donors (Lipinski definition) is 0. The number of ketones is 1. The van der Waals surface area contributed by atoms with E-state index in [1.165, 1.54) is 0 Å². The third kappa shape index (κ3) is 1.69. The van der Waals surface area contributed by atoms with Crippen LogP contribution in [0.1, 0.15) is 32.1 Å². The number of nitrogens with zero attached hydrogens (tertiary/aromatic N) is 1. The maximum Gasteiger partial charge on any atom is 0.217 e. The number of ether oxygens (including phenoxy) is 1. The van der Waals surface area contributed by atoms with E-state index < -0.39 is 0 Å². The van der Waals surface area contributed by atoms with Gasteiger partial charge in [-0.3, -0.25) is 9.69 Å². The van der Waals surface area contributed by atoms with Crippen LogP contribution in [0.25, 0.3) is 0 Å². The van der Waals surface area contributed by atoms with Crippen LogP contribution in [0.5, 0.6) is 0 Å². The van der Waals surface area contributed by atoms with Crippen molar-refractivity contribution in [3.8, 4) is 0 Å². The Hall–Kier alpha value is -0.830. The fourth-order valence-corrected chi connectivity index (χ4v) is 2.64. The van der Waals surface area contributed by atoms with Crippen LogP contribution in [0.4, 0.5) is 0 Å². The number of rotatable bonds is 3. The second-order valence-corrected chi connectivity index (χ2v) is 4.67. The van der Waals surface area contributed by atoms with E-state index in [2.05, 4.69) is 4.90 Å². The van der Waals surface area contributed by atoms with Crippen molar-refractivity contribution < 1.29 is 9.53 Å². The average Bonchev–Trinajstić information content (AvgIpc) is 2.89. The van der Waals surface area contributed by atoms with Gasteiger partial charge in [0, 0.05) is 6.42 Å². The maximum absolute atomic E-state index is 12.4.